The third-order valence-corrected chi connectivity index (χ3v) is 2.77. The van der Waals surface area contributed by atoms with Crippen molar-refractivity contribution in [1.82, 2.24) is 5.32 Å². The van der Waals surface area contributed by atoms with Crippen molar-refractivity contribution in [2.75, 3.05) is 0 Å². The lowest BCUT2D eigenvalue weighted by atomic mass is 9.89. The highest BCUT2D eigenvalue weighted by atomic mass is 35.5. The van der Waals surface area contributed by atoms with Crippen LogP contribution in [0.3, 0.4) is 0 Å². The molecule has 96 valence electrons. The third kappa shape index (κ3) is 4.71. The topological polar surface area (TPSA) is 38.3 Å². The standard InChI is InChI=1S/C12H23NO2.ClH/c1-8-6-7-10(9(2)13-8)11(14)15-12(3,4)5;/h8-10,13H,6-7H2,1-5H3;1H/t8-,9+,10+;/m0./s1. The van der Waals surface area contributed by atoms with Gasteiger partial charge in [0.1, 0.15) is 5.60 Å². The highest BCUT2D eigenvalue weighted by molar-refractivity contribution is 5.85. The number of hydrogen-bond donors (Lipinski definition) is 1. The summed E-state index contributed by atoms with van der Waals surface area (Å²) in [6.45, 7) is 9.95. The van der Waals surface area contributed by atoms with Crippen molar-refractivity contribution in [1.29, 1.82) is 0 Å². The zero-order chi connectivity index (χ0) is 11.6. The molecule has 0 aromatic heterocycles. The van der Waals surface area contributed by atoms with E-state index in [9.17, 15) is 4.79 Å². The van der Waals surface area contributed by atoms with E-state index >= 15 is 0 Å². The summed E-state index contributed by atoms with van der Waals surface area (Å²) in [5.74, 6) is -0.0465. The second-order valence-electron chi connectivity index (χ2n) is 5.57. The van der Waals surface area contributed by atoms with Crippen LogP contribution in [0.25, 0.3) is 0 Å². The van der Waals surface area contributed by atoms with Gasteiger partial charge in [-0.2, -0.15) is 0 Å². The molecular weight excluding hydrogens is 226 g/mol. The van der Waals surface area contributed by atoms with Crippen LogP contribution in [-0.4, -0.2) is 23.7 Å². The third-order valence-electron chi connectivity index (χ3n) is 2.77. The molecule has 0 unspecified atom stereocenters. The van der Waals surface area contributed by atoms with E-state index in [-0.39, 0.29) is 35.9 Å². The number of piperidine rings is 1. The predicted molar refractivity (Wildman–Crippen MR) is 67.9 cm³/mol. The number of halogens is 1. The Labute approximate surface area is 105 Å². The maximum Gasteiger partial charge on any atom is 0.311 e. The minimum absolute atomic E-state index is 0. The molecule has 0 aromatic rings. The van der Waals surface area contributed by atoms with E-state index in [1.54, 1.807) is 0 Å². The molecule has 1 saturated heterocycles. The van der Waals surface area contributed by atoms with E-state index in [0.717, 1.165) is 12.8 Å². The second-order valence-corrected chi connectivity index (χ2v) is 5.57. The monoisotopic (exact) mass is 249 g/mol. The SMILES string of the molecule is C[C@H]1CC[C@@H](C(=O)OC(C)(C)C)[C@@H](C)N1.Cl. The lowest BCUT2D eigenvalue weighted by Crippen LogP contribution is -2.48. The van der Waals surface area contributed by atoms with E-state index in [4.69, 9.17) is 4.74 Å². The van der Waals surface area contributed by atoms with Crippen LogP contribution in [0.2, 0.25) is 0 Å². The van der Waals surface area contributed by atoms with Gasteiger partial charge >= 0.3 is 5.97 Å². The Bertz CT molecular complexity index is 238. The first-order valence-corrected chi connectivity index (χ1v) is 5.78. The van der Waals surface area contributed by atoms with E-state index in [2.05, 4.69) is 19.2 Å². The number of rotatable bonds is 1. The van der Waals surface area contributed by atoms with E-state index in [1.165, 1.54) is 0 Å². The fourth-order valence-electron chi connectivity index (χ4n) is 2.03. The second kappa shape index (κ2) is 5.87. The maximum atomic E-state index is 11.9. The van der Waals surface area contributed by atoms with Gasteiger partial charge in [-0.25, -0.2) is 0 Å². The minimum Gasteiger partial charge on any atom is -0.460 e. The molecule has 3 nitrogen and oxygen atoms in total. The number of nitrogens with one attached hydrogen (secondary N) is 1. The van der Waals surface area contributed by atoms with Crippen molar-refractivity contribution in [2.24, 2.45) is 5.92 Å². The molecule has 0 saturated carbocycles. The van der Waals surface area contributed by atoms with Crippen LogP contribution >= 0.6 is 12.4 Å². The van der Waals surface area contributed by atoms with Gasteiger partial charge in [-0.05, 0) is 47.5 Å². The van der Waals surface area contributed by atoms with Crippen LogP contribution in [0, 0.1) is 5.92 Å². The lowest BCUT2D eigenvalue weighted by Gasteiger charge is -2.34. The average molecular weight is 250 g/mol. The van der Waals surface area contributed by atoms with Crippen LogP contribution in [0.5, 0.6) is 0 Å². The quantitative estimate of drug-likeness (QED) is 0.726. The van der Waals surface area contributed by atoms with Crippen LogP contribution in [0.4, 0.5) is 0 Å². The first-order valence-electron chi connectivity index (χ1n) is 5.78. The lowest BCUT2D eigenvalue weighted by molar-refractivity contribution is -0.162. The summed E-state index contributed by atoms with van der Waals surface area (Å²) >= 11 is 0. The van der Waals surface area contributed by atoms with Gasteiger partial charge in [0.05, 0.1) is 5.92 Å². The van der Waals surface area contributed by atoms with Gasteiger partial charge in [0.15, 0.2) is 0 Å². The molecule has 1 rings (SSSR count). The van der Waals surface area contributed by atoms with Crippen molar-refractivity contribution in [3.63, 3.8) is 0 Å². The molecule has 0 bridgehead atoms. The molecule has 0 aliphatic carbocycles. The first kappa shape index (κ1) is 15.7. The Hall–Kier alpha value is -0.280. The molecule has 1 N–H and O–H groups in total. The molecule has 0 radical (unpaired) electrons. The Kier molecular flexibility index (Phi) is 5.77. The van der Waals surface area contributed by atoms with Crippen molar-refractivity contribution in [2.45, 2.75) is 65.1 Å². The fraction of sp³-hybridized carbons (Fsp3) is 0.917. The number of ether oxygens (including phenoxy) is 1. The first-order chi connectivity index (χ1) is 6.79. The highest BCUT2D eigenvalue weighted by Crippen LogP contribution is 2.23. The van der Waals surface area contributed by atoms with Crippen LogP contribution in [-0.2, 0) is 9.53 Å². The van der Waals surface area contributed by atoms with Gasteiger partial charge in [0, 0.05) is 12.1 Å². The molecule has 16 heavy (non-hydrogen) atoms. The van der Waals surface area contributed by atoms with Crippen molar-refractivity contribution >= 4 is 18.4 Å². The van der Waals surface area contributed by atoms with Crippen LogP contribution in [0.15, 0.2) is 0 Å². The van der Waals surface area contributed by atoms with Crippen LogP contribution < -0.4 is 5.32 Å². The van der Waals surface area contributed by atoms with Gasteiger partial charge in [0.25, 0.3) is 0 Å². The molecule has 0 spiro atoms. The number of carbonyl (C=O) groups is 1. The number of carbonyl (C=O) groups excluding carboxylic acids is 1. The molecule has 0 aromatic carbocycles. The van der Waals surface area contributed by atoms with Crippen molar-refractivity contribution in [3.8, 4) is 0 Å². The Balaban J connectivity index is 0.00000225. The molecule has 0 amide bonds. The summed E-state index contributed by atoms with van der Waals surface area (Å²) in [5, 5.41) is 3.40. The molecular formula is C12H24ClNO2. The molecule has 4 heteroatoms. The Morgan fingerprint density at radius 2 is 1.81 bits per heavy atom. The number of hydrogen-bond acceptors (Lipinski definition) is 3. The van der Waals surface area contributed by atoms with Crippen LogP contribution in [0.1, 0.15) is 47.5 Å². The highest BCUT2D eigenvalue weighted by Gasteiger charge is 2.33. The van der Waals surface area contributed by atoms with E-state index in [1.807, 2.05) is 20.8 Å². The molecule has 1 aliphatic heterocycles. The molecule has 1 fully saturated rings. The van der Waals surface area contributed by atoms with Gasteiger partial charge in [-0.3, -0.25) is 4.79 Å². The van der Waals surface area contributed by atoms with Gasteiger partial charge < -0.3 is 10.1 Å². The summed E-state index contributed by atoms with van der Waals surface area (Å²) in [7, 11) is 0. The molecule has 3 atom stereocenters. The normalized spacial score (nSPS) is 30.4. The van der Waals surface area contributed by atoms with Gasteiger partial charge in [-0.1, -0.05) is 0 Å². The Morgan fingerprint density at radius 1 is 1.25 bits per heavy atom. The zero-order valence-electron chi connectivity index (χ0n) is 10.9. The zero-order valence-corrected chi connectivity index (χ0v) is 11.7. The summed E-state index contributed by atoms with van der Waals surface area (Å²) in [5.41, 5.74) is -0.375. The summed E-state index contributed by atoms with van der Waals surface area (Å²) in [6.07, 6.45) is 1.98. The predicted octanol–water partition coefficient (Wildman–Crippen LogP) is 2.53. The summed E-state index contributed by atoms with van der Waals surface area (Å²) in [4.78, 5) is 11.9. The average Bonchev–Trinajstić information content (AvgIpc) is 1.99. The smallest absolute Gasteiger partial charge is 0.311 e. The fourth-order valence-corrected chi connectivity index (χ4v) is 2.03. The van der Waals surface area contributed by atoms with Gasteiger partial charge in [0.2, 0.25) is 0 Å². The summed E-state index contributed by atoms with van der Waals surface area (Å²) < 4.78 is 5.40. The summed E-state index contributed by atoms with van der Waals surface area (Å²) in [6, 6.07) is 0.738. The largest absolute Gasteiger partial charge is 0.460 e. The molecule has 1 heterocycles. The minimum atomic E-state index is -0.375. The van der Waals surface area contributed by atoms with E-state index < -0.39 is 0 Å². The number of esters is 1. The maximum absolute atomic E-state index is 11.9. The van der Waals surface area contributed by atoms with Crippen molar-refractivity contribution < 1.29 is 9.53 Å². The molecule has 1 aliphatic rings. The van der Waals surface area contributed by atoms with Gasteiger partial charge in [-0.15, -0.1) is 12.4 Å². The Morgan fingerprint density at radius 3 is 2.25 bits per heavy atom. The van der Waals surface area contributed by atoms with E-state index in [0.29, 0.717) is 6.04 Å². The van der Waals surface area contributed by atoms with Crippen molar-refractivity contribution in [3.05, 3.63) is 0 Å².